The van der Waals surface area contributed by atoms with Crippen LogP contribution in [0.4, 0.5) is 4.79 Å². The zero-order valence-electron chi connectivity index (χ0n) is 14.1. The van der Waals surface area contributed by atoms with Gasteiger partial charge in [-0.15, -0.1) is 0 Å². The summed E-state index contributed by atoms with van der Waals surface area (Å²) in [7, 11) is 1.00. The summed E-state index contributed by atoms with van der Waals surface area (Å²) in [5.74, 6) is 0.415. The summed E-state index contributed by atoms with van der Waals surface area (Å²) in [6.45, 7) is 7.06. The molecule has 0 aliphatic carbocycles. The third-order valence-corrected chi connectivity index (χ3v) is 4.30. The van der Waals surface area contributed by atoms with E-state index in [0.29, 0.717) is 29.1 Å². The van der Waals surface area contributed by atoms with Gasteiger partial charge >= 0.3 is 6.09 Å². The van der Waals surface area contributed by atoms with Crippen molar-refractivity contribution in [2.45, 2.75) is 45.1 Å². The fraction of sp³-hybridized carbons (Fsp3) is 0.588. The molecule has 0 atom stereocenters. The second-order valence-electron chi connectivity index (χ2n) is 6.42. The van der Waals surface area contributed by atoms with Crippen LogP contribution in [0.15, 0.2) is 18.2 Å². The molecule has 0 saturated carbocycles. The summed E-state index contributed by atoms with van der Waals surface area (Å²) in [5, 5.41) is 8.16. The quantitative estimate of drug-likeness (QED) is 0.787. The van der Waals surface area contributed by atoms with E-state index in [1.807, 2.05) is 39.0 Å². The third-order valence-electron chi connectivity index (χ3n) is 3.56. The van der Waals surface area contributed by atoms with Crippen LogP contribution in [0.25, 0.3) is 0 Å². The molecule has 0 bridgehead atoms. The number of ether oxygens (including phenoxy) is 1. The predicted molar refractivity (Wildman–Crippen MR) is 94.4 cm³/mol. The van der Waals surface area contributed by atoms with Gasteiger partial charge in [0.25, 0.3) is 0 Å². The van der Waals surface area contributed by atoms with Crippen molar-refractivity contribution in [1.82, 2.24) is 4.90 Å². The highest BCUT2D eigenvalue weighted by molar-refractivity contribution is 6.42. The van der Waals surface area contributed by atoms with Gasteiger partial charge in [-0.05, 0) is 57.2 Å². The molecule has 0 spiro atoms. The van der Waals surface area contributed by atoms with Crippen molar-refractivity contribution in [2.75, 3.05) is 20.2 Å². The molecule has 0 radical (unpaired) electrons. The van der Waals surface area contributed by atoms with Gasteiger partial charge in [-0.1, -0.05) is 29.3 Å². The number of carbonyl (C=O) groups excluding carboxylic acids is 1. The molecule has 23 heavy (non-hydrogen) atoms. The van der Waals surface area contributed by atoms with E-state index in [2.05, 4.69) is 0 Å². The van der Waals surface area contributed by atoms with E-state index in [1.54, 1.807) is 4.90 Å². The zero-order valence-corrected chi connectivity index (χ0v) is 15.6. The zero-order chi connectivity index (χ0) is 17.6. The molecule has 0 aromatic heterocycles. The van der Waals surface area contributed by atoms with Crippen molar-refractivity contribution in [3.05, 3.63) is 33.8 Å². The number of hydrogen-bond acceptors (Lipinski definition) is 3. The van der Waals surface area contributed by atoms with Crippen molar-refractivity contribution < 1.29 is 14.6 Å². The minimum absolute atomic E-state index is 0.227. The van der Waals surface area contributed by atoms with Crippen LogP contribution >= 0.6 is 23.2 Å². The second kappa shape index (κ2) is 8.76. The van der Waals surface area contributed by atoms with Gasteiger partial charge in [0.05, 0.1) is 10.0 Å². The molecule has 4 nitrogen and oxygen atoms in total. The Bertz CT molecular complexity index is 521. The minimum atomic E-state index is -0.447. The Kier molecular flexibility index (Phi) is 7.65. The highest BCUT2D eigenvalue weighted by Gasteiger charge is 2.27. The Morgan fingerprint density at radius 3 is 2.22 bits per heavy atom. The number of carbonyl (C=O) groups is 1. The molecule has 1 saturated heterocycles. The predicted octanol–water partition coefficient (Wildman–Crippen LogP) is 4.72. The topological polar surface area (TPSA) is 49.8 Å². The van der Waals surface area contributed by atoms with Crippen LogP contribution in [0.1, 0.15) is 45.1 Å². The molecule has 1 aliphatic heterocycles. The average Bonchev–Trinajstić information content (AvgIpc) is 2.50. The molecule has 0 unspecified atom stereocenters. The van der Waals surface area contributed by atoms with E-state index in [9.17, 15) is 4.79 Å². The number of likely N-dealkylation sites (tertiary alicyclic amines) is 1. The van der Waals surface area contributed by atoms with Gasteiger partial charge < -0.3 is 14.7 Å². The number of aliphatic hydroxyl groups excluding tert-OH is 1. The molecular weight excluding hydrogens is 337 g/mol. The molecule has 1 aliphatic rings. The third kappa shape index (κ3) is 6.21. The van der Waals surface area contributed by atoms with Crippen LogP contribution in [0.2, 0.25) is 10.0 Å². The molecular formula is C17H25Cl2NO3. The SMILES string of the molecule is CC(C)(C)OC(=O)N1CCC(c2ccc(Cl)c(Cl)c2)CC1.CO. The largest absolute Gasteiger partial charge is 0.444 e. The first-order valence-corrected chi connectivity index (χ1v) is 8.39. The summed E-state index contributed by atoms with van der Waals surface area (Å²) >= 11 is 12.0. The van der Waals surface area contributed by atoms with Gasteiger partial charge in [0, 0.05) is 20.2 Å². The molecule has 6 heteroatoms. The van der Waals surface area contributed by atoms with Gasteiger partial charge in [-0.3, -0.25) is 0 Å². The molecule has 1 aromatic rings. The maximum atomic E-state index is 12.0. The van der Waals surface area contributed by atoms with Crippen LogP contribution in [-0.2, 0) is 4.74 Å². The standard InChI is InChI=1S/C16H21Cl2NO2.CH4O/c1-16(2,3)21-15(20)19-8-6-11(7-9-19)12-4-5-13(17)14(18)10-12;1-2/h4-5,10-11H,6-9H2,1-3H3;2H,1H3. The lowest BCUT2D eigenvalue weighted by Crippen LogP contribution is -2.41. The summed E-state index contributed by atoms with van der Waals surface area (Å²) in [4.78, 5) is 13.8. The Hall–Kier alpha value is -0.970. The summed E-state index contributed by atoms with van der Waals surface area (Å²) in [6.07, 6.45) is 1.60. The van der Waals surface area contributed by atoms with Crippen molar-refractivity contribution >= 4 is 29.3 Å². The van der Waals surface area contributed by atoms with Crippen molar-refractivity contribution in [2.24, 2.45) is 0 Å². The van der Waals surface area contributed by atoms with E-state index >= 15 is 0 Å². The molecule has 1 amide bonds. The molecule has 130 valence electrons. The van der Waals surface area contributed by atoms with Crippen LogP contribution in [0, 0.1) is 0 Å². The lowest BCUT2D eigenvalue weighted by molar-refractivity contribution is 0.0205. The normalized spacial score (nSPS) is 15.7. The fourth-order valence-corrected chi connectivity index (χ4v) is 2.79. The van der Waals surface area contributed by atoms with Gasteiger partial charge in [-0.2, -0.15) is 0 Å². The van der Waals surface area contributed by atoms with E-state index in [0.717, 1.165) is 20.0 Å². The number of rotatable bonds is 1. The molecule has 1 aromatic carbocycles. The molecule has 1 N–H and O–H groups in total. The minimum Gasteiger partial charge on any atom is -0.444 e. The van der Waals surface area contributed by atoms with E-state index in [1.165, 1.54) is 5.56 Å². The van der Waals surface area contributed by atoms with Gasteiger partial charge in [0.2, 0.25) is 0 Å². The Morgan fingerprint density at radius 2 is 1.74 bits per heavy atom. The van der Waals surface area contributed by atoms with Crippen LogP contribution in [0.3, 0.4) is 0 Å². The van der Waals surface area contributed by atoms with E-state index < -0.39 is 5.60 Å². The number of nitrogens with zero attached hydrogens (tertiary/aromatic N) is 1. The first kappa shape index (κ1) is 20.1. The Balaban J connectivity index is 0.00000127. The summed E-state index contributed by atoms with van der Waals surface area (Å²) < 4.78 is 5.40. The number of piperidine rings is 1. The Morgan fingerprint density at radius 1 is 1.17 bits per heavy atom. The number of aliphatic hydroxyl groups is 1. The van der Waals surface area contributed by atoms with Gasteiger partial charge in [0.15, 0.2) is 0 Å². The van der Waals surface area contributed by atoms with Crippen molar-refractivity contribution in [3.63, 3.8) is 0 Å². The van der Waals surface area contributed by atoms with Crippen LogP contribution in [0.5, 0.6) is 0 Å². The number of benzene rings is 1. The van der Waals surface area contributed by atoms with Crippen molar-refractivity contribution in [3.8, 4) is 0 Å². The van der Waals surface area contributed by atoms with E-state index in [-0.39, 0.29) is 6.09 Å². The van der Waals surface area contributed by atoms with Gasteiger partial charge in [-0.25, -0.2) is 4.79 Å². The lowest BCUT2D eigenvalue weighted by Gasteiger charge is -2.33. The smallest absolute Gasteiger partial charge is 0.410 e. The Labute approximate surface area is 148 Å². The highest BCUT2D eigenvalue weighted by atomic mass is 35.5. The summed E-state index contributed by atoms with van der Waals surface area (Å²) in [5.41, 5.74) is 0.741. The van der Waals surface area contributed by atoms with Crippen LogP contribution < -0.4 is 0 Å². The fourth-order valence-electron chi connectivity index (χ4n) is 2.49. The molecule has 2 rings (SSSR count). The maximum Gasteiger partial charge on any atom is 0.410 e. The second-order valence-corrected chi connectivity index (χ2v) is 7.23. The summed E-state index contributed by atoms with van der Waals surface area (Å²) in [6, 6.07) is 5.78. The number of amides is 1. The monoisotopic (exact) mass is 361 g/mol. The number of hydrogen-bond donors (Lipinski definition) is 1. The van der Waals surface area contributed by atoms with E-state index in [4.69, 9.17) is 33.0 Å². The maximum absolute atomic E-state index is 12.0. The highest BCUT2D eigenvalue weighted by Crippen LogP contribution is 2.32. The molecule has 1 fully saturated rings. The average molecular weight is 362 g/mol. The van der Waals surface area contributed by atoms with Crippen molar-refractivity contribution in [1.29, 1.82) is 0 Å². The lowest BCUT2D eigenvalue weighted by atomic mass is 9.89. The van der Waals surface area contributed by atoms with Crippen LogP contribution in [-0.4, -0.2) is 41.9 Å². The first-order chi connectivity index (χ1) is 10.8. The molecule has 1 heterocycles. The first-order valence-electron chi connectivity index (χ1n) is 7.64. The van der Waals surface area contributed by atoms with Gasteiger partial charge in [0.1, 0.15) is 5.60 Å². The number of halogens is 2.